The highest BCUT2D eigenvalue weighted by atomic mass is 32.1. The van der Waals surface area contributed by atoms with Crippen LogP contribution in [0.2, 0.25) is 0 Å². The molecular weight excluding hydrogens is 344 g/mol. The Morgan fingerprint density at radius 2 is 1.92 bits per heavy atom. The number of aromatic amines is 1. The van der Waals surface area contributed by atoms with Gasteiger partial charge in [0.2, 0.25) is 6.79 Å². The predicted molar refractivity (Wildman–Crippen MR) is 104 cm³/mol. The van der Waals surface area contributed by atoms with Gasteiger partial charge in [-0.2, -0.15) is 0 Å². The molecular formula is C21H20N2O2S. The number of benzene rings is 2. The summed E-state index contributed by atoms with van der Waals surface area (Å²) in [6.45, 7) is 4.85. The molecule has 0 spiro atoms. The van der Waals surface area contributed by atoms with Gasteiger partial charge in [0.15, 0.2) is 16.3 Å². The Kier molecular flexibility index (Phi) is 4.88. The van der Waals surface area contributed by atoms with E-state index in [2.05, 4.69) is 35.8 Å². The molecule has 0 amide bonds. The molecule has 132 valence electrons. The van der Waals surface area contributed by atoms with Crippen molar-refractivity contribution in [2.75, 3.05) is 6.79 Å². The molecule has 0 aliphatic carbocycles. The van der Waals surface area contributed by atoms with Crippen LogP contribution >= 0.6 is 11.3 Å². The van der Waals surface area contributed by atoms with E-state index in [1.807, 2.05) is 30.3 Å². The molecule has 0 fully saturated rings. The highest BCUT2D eigenvalue weighted by Gasteiger charge is 2.14. The number of nitrogens with one attached hydrogen (secondary N) is 1. The van der Waals surface area contributed by atoms with E-state index in [0.717, 1.165) is 29.1 Å². The Balaban J connectivity index is 1.58. The lowest BCUT2D eigenvalue weighted by molar-refractivity contribution is 0.174. The summed E-state index contributed by atoms with van der Waals surface area (Å²) in [5.74, 6) is 1.64. The molecule has 26 heavy (non-hydrogen) atoms. The molecule has 1 aliphatic rings. The number of thiazole rings is 1. The summed E-state index contributed by atoms with van der Waals surface area (Å²) in [6, 6.07) is 16.4. The maximum atomic E-state index is 5.49. The average molecular weight is 364 g/mol. The maximum Gasteiger partial charge on any atom is 0.231 e. The van der Waals surface area contributed by atoms with Crippen molar-refractivity contribution in [1.82, 2.24) is 4.98 Å². The van der Waals surface area contributed by atoms with Crippen LogP contribution in [0.4, 0.5) is 0 Å². The number of H-pyrrole nitrogens is 1. The molecule has 0 bridgehead atoms. The van der Waals surface area contributed by atoms with Crippen molar-refractivity contribution in [3.8, 4) is 11.5 Å². The number of allylic oxidation sites excluding steroid dienone is 1. The topological polar surface area (TPSA) is 46.6 Å². The van der Waals surface area contributed by atoms with E-state index in [4.69, 9.17) is 14.5 Å². The van der Waals surface area contributed by atoms with Crippen molar-refractivity contribution in [3.05, 3.63) is 87.7 Å². The lowest BCUT2D eigenvalue weighted by Crippen LogP contribution is -2.00. The molecule has 0 saturated carbocycles. The third-order valence-corrected chi connectivity index (χ3v) is 5.27. The van der Waals surface area contributed by atoms with Crippen molar-refractivity contribution in [1.29, 1.82) is 0 Å². The normalized spacial score (nSPS) is 13.2. The van der Waals surface area contributed by atoms with E-state index in [1.165, 1.54) is 21.7 Å². The molecule has 0 atom stereocenters. The highest BCUT2D eigenvalue weighted by Crippen LogP contribution is 2.33. The second-order valence-corrected chi connectivity index (χ2v) is 7.18. The van der Waals surface area contributed by atoms with Crippen LogP contribution in [0.5, 0.6) is 11.5 Å². The maximum absolute atomic E-state index is 5.49. The molecule has 2 heterocycles. The summed E-state index contributed by atoms with van der Waals surface area (Å²) >= 11 is 1.70. The number of hydrogen-bond donors (Lipinski definition) is 1. The standard InChI is InChI=1S/C21H20N2O2S/c1-2-6-17-20(12-16-9-10-18-19(11-16)25-14-24-18)26-21(23-17)22-13-15-7-4-3-5-8-15/h2-5,7-11H,1,6,12-14H2,(H,22,23). The summed E-state index contributed by atoms with van der Waals surface area (Å²) in [5, 5.41) is 0. The van der Waals surface area contributed by atoms with Gasteiger partial charge >= 0.3 is 0 Å². The van der Waals surface area contributed by atoms with E-state index in [0.29, 0.717) is 13.3 Å². The number of rotatable bonds is 6. The van der Waals surface area contributed by atoms with Crippen LogP contribution in [0.1, 0.15) is 21.7 Å². The summed E-state index contributed by atoms with van der Waals surface area (Å²) in [7, 11) is 0. The fourth-order valence-corrected chi connectivity index (χ4v) is 3.94. The van der Waals surface area contributed by atoms with Crippen LogP contribution in [-0.4, -0.2) is 11.8 Å². The molecule has 0 saturated heterocycles. The van der Waals surface area contributed by atoms with E-state index in [-0.39, 0.29) is 0 Å². The van der Waals surface area contributed by atoms with Crippen LogP contribution in [0, 0.1) is 0 Å². The Morgan fingerprint density at radius 3 is 2.77 bits per heavy atom. The van der Waals surface area contributed by atoms with Gasteiger partial charge in [-0.05, 0) is 23.3 Å². The van der Waals surface area contributed by atoms with Crippen LogP contribution in [-0.2, 0) is 19.4 Å². The van der Waals surface area contributed by atoms with E-state index >= 15 is 0 Å². The fraction of sp³-hybridized carbons (Fsp3) is 0.190. The quantitative estimate of drug-likeness (QED) is 0.666. The van der Waals surface area contributed by atoms with Crippen LogP contribution in [0.25, 0.3) is 0 Å². The van der Waals surface area contributed by atoms with Crippen molar-refractivity contribution in [2.24, 2.45) is 4.99 Å². The van der Waals surface area contributed by atoms with Crippen molar-refractivity contribution in [2.45, 2.75) is 19.4 Å². The third-order valence-electron chi connectivity index (χ3n) is 4.21. The monoisotopic (exact) mass is 364 g/mol. The van der Waals surface area contributed by atoms with Gasteiger partial charge in [0.05, 0.1) is 6.54 Å². The summed E-state index contributed by atoms with van der Waals surface area (Å²) in [4.78, 5) is 10.4. The number of aromatic nitrogens is 1. The fourth-order valence-electron chi connectivity index (χ4n) is 2.91. The lowest BCUT2D eigenvalue weighted by atomic mass is 10.1. The van der Waals surface area contributed by atoms with Gasteiger partial charge in [0, 0.05) is 23.4 Å². The largest absolute Gasteiger partial charge is 0.454 e. The summed E-state index contributed by atoms with van der Waals surface area (Å²) in [6.07, 6.45) is 3.56. The smallest absolute Gasteiger partial charge is 0.231 e. The van der Waals surface area contributed by atoms with Crippen LogP contribution < -0.4 is 14.3 Å². The second-order valence-electron chi connectivity index (χ2n) is 6.09. The van der Waals surface area contributed by atoms with E-state index in [1.54, 1.807) is 11.3 Å². The first-order valence-corrected chi connectivity index (χ1v) is 9.38. The van der Waals surface area contributed by atoms with Gasteiger partial charge in [-0.25, -0.2) is 0 Å². The zero-order valence-electron chi connectivity index (χ0n) is 14.4. The van der Waals surface area contributed by atoms with Crippen molar-refractivity contribution >= 4 is 11.3 Å². The Morgan fingerprint density at radius 1 is 1.08 bits per heavy atom. The van der Waals surface area contributed by atoms with Gasteiger partial charge in [0.1, 0.15) is 0 Å². The third kappa shape index (κ3) is 3.73. The number of nitrogens with zero attached hydrogens (tertiary/aromatic N) is 1. The average Bonchev–Trinajstić information content (AvgIpc) is 3.28. The zero-order chi connectivity index (χ0) is 17.8. The predicted octanol–water partition coefficient (Wildman–Crippen LogP) is 4.23. The van der Waals surface area contributed by atoms with Crippen LogP contribution in [0.15, 0.2) is 66.2 Å². The van der Waals surface area contributed by atoms with Gasteiger partial charge < -0.3 is 14.5 Å². The van der Waals surface area contributed by atoms with E-state index < -0.39 is 0 Å². The molecule has 1 aromatic heterocycles. The second kappa shape index (κ2) is 7.62. The Labute approximate surface area is 156 Å². The minimum absolute atomic E-state index is 0.301. The Bertz CT molecular complexity index is 973. The number of ether oxygens (including phenoxy) is 2. The van der Waals surface area contributed by atoms with Crippen LogP contribution in [0.3, 0.4) is 0 Å². The molecule has 1 N–H and O–H groups in total. The first-order chi connectivity index (χ1) is 12.8. The first kappa shape index (κ1) is 16.7. The Hall–Kier alpha value is -2.79. The molecule has 0 radical (unpaired) electrons. The molecule has 5 heteroatoms. The minimum Gasteiger partial charge on any atom is -0.454 e. The minimum atomic E-state index is 0.301. The van der Waals surface area contributed by atoms with Crippen molar-refractivity contribution < 1.29 is 9.47 Å². The molecule has 1 aliphatic heterocycles. The van der Waals surface area contributed by atoms with E-state index in [9.17, 15) is 0 Å². The molecule has 2 aromatic carbocycles. The zero-order valence-corrected chi connectivity index (χ0v) is 15.2. The number of fused-ring (bicyclic) bond motifs is 1. The highest BCUT2D eigenvalue weighted by molar-refractivity contribution is 7.09. The molecule has 3 aromatic rings. The number of hydrogen-bond acceptors (Lipinski definition) is 4. The van der Waals surface area contributed by atoms with Gasteiger partial charge in [-0.1, -0.05) is 42.5 Å². The van der Waals surface area contributed by atoms with Crippen molar-refractivity contribution in [3.63, 3.8) is 0 Å². The molecule has 0 unspecified atom stereocenters. The SMILES string of the molecule is C=CCc1[nH]c(=NCc2ccccc2)sc1Cc1ccc2c(c1)OCO2. The van der Waals surface area contributed by atoms with Gasteiger partial charge in [0.25, 0.3) is 0 Å². The van der Waals surface area contributed by atoms with Gasteiger partial charge in [-0.3, -0.25) is 4.99 Å². The molecule has 4 rings (SSSR count). The lowest BCUT2D eigenvalue weighted by Gasteiger charge is -2.03. The summed E-state index contributed by atoms with van der Waals surface area (Å²) < 4.78 is 10.9. The molecule has 4 nitrogen and oxygen atoms in total. The first-order valence-electron chi connectivity index (χ1n) is 8.56. The summed E-state index contributed by atoms with van der Waals surface area (Å²) in [5.41, 5.74) is 3.58. The van der Waals surface area contributed by atoms with Gasteiger partial charge in [-0.15, -0.1) is 17.9 Å².